The first-order chi connectivity index (χ1) is 11.8. The van der Waals surface area contributed by atoms with Gasteiger partial charge >= 0.3 is 0 Å². The van der Waals surface area contributed by atoms with Crippen LogP contribution in [0.2, 0.25) is 0 Å². The van der Waals surface area contributed by atoms with Crippen LogP contribution < -0.4 is 10.2 Å². The molecule has 130 valence electrons. The number of aromatic nitrogens is 2. The Kier molecular flexibility index (Phi) is 4.45. The Morgan fingerprint density at radius 1 is 1.40 bits per heavy atom. The van der Waals surface area contributed by atoms with Gasteiger partial charge in [-0.1, -0.05) is 17.4 Å². The van der Waals surface area contributed by atoms with Crippen LogP contribution in [0.25, 0.3) is 0 Å². The van der Waals surface area contributed by atoms with Gasteiger partial charge in [-0.15, -0.1) is 10.2 Å². The lowest BCUT2D eigenvalue weighted by atomic mass is 10.1. The fourth-order valence-corrected chi connectivity index (χ4v) is 3.24. The van der Waals surface area contributed by atoms with Crippen molar-refractivity contribution in [2.45, 2.75) is 20.3 Å². The highest BCUT2D eigenvalue weighted by molar-refractivity contribution is 7.15. The van der Waals surface area contributed by atoms with E-state index >= 15 is 0 Å². The number of nitro groups is 1. The summed E-state index contributed by atoms with van der Waals surface area (Å²) >= 11 is 1.25. The number of nitrogens with one attached hydrogen (secondary N) is 1. The van der Waals surface area contributed by atoms with Gasteiger partial charge in [0.25, 0.3) is 5.69 Å². The second-order valence-corrected chi connectivity index (χ2v) is 6.93. The molecule has 0 bridgehead atoms. The van der Waals surface area contributed by atoms with E-state index in [1.54, 1.807) is 26.0 Å². The summed E-state index contributed by atoms with van der Waals surface area (Å²) in [6.07, 6.45) is 0.0469. The number of hydrogen-bond donors (Lipinski definition) is 1. The smallest absolute Gasteiger partial charge is 0.274 e. The number of amides is 2. The molecule has 0 saturated carbocycles. The maximum Gasteiger partial charge on any atom is 0.274 e. The van der Waals surface area contributed by atoms with Crippen LogP contribution in [0.15, 0.2) is 18.2 Å². The SMILES string of the molecule is Cc1nnc(NC(=O)[C@@H]2CC(=O)N(c3ccc(C)c([N+](=O)[O-])c3)C2)s1. The monoisotopic (exact) mass is 361 g/mol. The zero-order chi connectivity index (χ0) is 18.1. The Bertz CT molecular complexity index is 865. The van der Waals surface area contributed by atoms with Crippen molar-refractivity contribution in [1.82, 2.24) is 10.2 Å². The molecular weight excluding hydrogens is 346 g/mol. The molecule has 25 heavy (non-hydrogen) atoms. The lowest BCUT2D eigenvalue weighted by Crippen LogP contribution is -2.28. The van der Waals surface area contributed by atoms with Crippen LogP contribution in [0, 0.1) is 29.9 Å². The summed E-state index contributed by atoms with van der Waals surface area (Å²) in [5, 5.41) is 22.5. The van der Waals surface area contributed by atoms with Crippen LogP contribution in [0.4, 0.5) is 16.5 Å². The van der Waals surface area contributed by atoms with E-state index in [0.29, 0.717) is 16.4 Å². The number of anilines is 2. The van der Waals surface area contributed by atoms with Gasteiger partial charge in [-0.25, -0.2) is 0 Å². The summed E-state index contributed by atoms with van der Waals surface area (Å²) in [5.74, 6) is -1.10. The highest BCUT2D eigenvalue weighted by atomic mass is 32.1. The Labute approximate surface area is 146 Å². The number of nitro benzene ring substituents is 1. The van der Waals surface area contributed by atoms with E-state index in [9.17, 15) is 19.7 Å². The van der Waals surface area contributed by atoms with Crippen molar-refractivity contribution in [2.24, 2.45) is 5.92 Å². The van der Waals surface area contributed by atoms with Crippen molar-refractivity contribution in [2.75, 3.05) is 16.8 Å². The van der Waals surface area contributed by atoms with Crippen LogP contribution >= 0.6 is 11.3 Å². The van der Waals surface area contributed by atoms with Gasteiger partial charge in [0.2, 0.25) is 16.9 Å². The molecule has 1 fully saturated rings. The van der Waals surface area contributed by atoms with E-state index in [-0.39, 0.29) is 30.5 Å². The van der Waals surface area contributed by atoms with Gasteiger partial charge in [0, 0.05) is 24.6 Å². The maximum absolute atomic E-state index is 12.3. The molecule has 1 atom stereocenters. The molecule has 1 aliphatic rings. The van der Waals surface area contributed by atoms with Crippen LogP contribution in [0.3, 0.4) is 0 Å². The topological polar surface area (TPSA) is 118 Å². The predicted molar refractivity (Wildman–Crippen MR) is 91.6 cm³/mol. The first-order valence-corrected chi connectivity index (χ1v) is 8.33. The maximum atomic E-state index is 12.3. The average molecular weight is 361 g/mol. The van der Waals surface area contributed by atoms with Crippen molar-refractivity contribution >= 4 is 39.7 Å². The summed E-state index contributed by atoms with van der Waals surface area (Å²) in [5.41, 5.74) is 0.883. The number of aryl methyl sites for hydroxylation is 2. The molecule has 10 heteroatoms. The Balaban J connectivity index is 1.75. The van der Waals surface area contributed by atoms with Gasteiger partial charge < -0.3 is 10.2 Å². The molecule has 1 aromatic heterocycles. The molecule has 0 spiro atoms. The Morgan fingerprint density at radius 3 is 2.80 bits per heavy atom. The highest BCUT2D eigenvalue weighted by Gasteiger charge is 2.36. The molecule has 2 heterocycles. The summed E-state index contributed by atoms with van der Waals surface area (Å²) in [6.45, 7) is 3.58. The number of benzene rings is 1. The lowest BCUT2D eigenvalue weighted by Gasteiger charge is -2.16. The largest absolute Gasteiger partial charge is 0.311 e. The van der Waals surface area contributed by atoms with Gasteiger partial charge in [-0.2, -0.15) is 0 Å². The van der Waals surface area contributed by atoms with E-state index in [0.717, 1.165) is 5.01 Å². The predicted octanol–water partition coefficient (Wildman–Crippen LogP) is 2.05. The number of rotatable bonds is 4. The minimum absolute atomic E-state index is 0.0469. The second kappa shape index (κ2) is 6.55. The van der Waals surface area contributed by atoms with Gasteiger partial charge in [0.15, 0.2) is 0 Å². The molecule has 9 nitrogen and oxygen atoms in total. The standard InChI is InChI=1S/C15H15N5O4S/c1-8-3-4-11(6-12(8)20(23)24)19-7-10(5-13(19)21)14(22)16-15-18-17-9(2)25-15/h3-4,6,10H,5,7H2,1-2H3,(H,16,18,22)/t10-/m1/s1. The molecule has 1 saturated heterocycles. The minimum Gasteiger partial charge on any atom is -0.311 e. The summed E-state index contributed by atoms with van der Waals surface area (Å²) in [4.78, 5) is 36.6. The zero-order valence-electron chi connectivity index (χ0n) is 13.6. The molecule has 0 aliphatic carbocycles. The first-order valence-electron chi connectivity index (χ1n) is 7.51. The Hall–Kier alpha value is -2.88. The number of carbonyl (C=O) groups is 2. The van der Waals surface area contributed by atoms with Gasteiger partial charge in [0.05, 0.1) is 16.5 Å². The van der Waals surface area contributed by atoms with Crippen molar-refractivity contribution in [3.8, 4) is 0 Å². The van der Waals surface area contributed by atoms with E-state index in [1.807, 2.05) is 0 Å². The van der Waals surface area contributed by atoms with Crippen molar-refractivity contribution in [1.29, 1.82) is 0 Å². The molecule has 2 aromatic rings. The normalized spacial score (nSPS) is 17.0. The molecule has 0 unspecified atom stereocenters. The van der Waals surface area contributed by atoms with Crippen molar-refractivity contribution in [3.63, 3.8) is 0 Å². The van der Waals surface area contributed by atoms with Crippen LogP contribution in [-0.2, 0) is 9.59 Å². The van der Waals surface area contributed by atoms with E-state index in [4.69, 9.17) is 0 Å². The average Bonchev–Trinajstić information content (AvgIpc) is 3.13. The van der Waals surface area contributed by atoms with Crippen LogP contribution in [0.1, 0.15) is 17.0 Å². The lowest BCUT2D eigenvalue weighted by molar-refractivity contribution is -0.385. The number of nitrogens with zero attached hydrogens (tertiary/aromatic N) is 4. The quantitative estimate of drug-likeness (QED) is 0.658. The van der Waals surface area contributed by atoms with E-state index < -0.39 is 10.8 Å². The fourth-order valence-electron chi connectivity index (χ4n) is 2.65. The Morgan fingerprint density at radius 2 is 2.16 bits per heavy atom. The molecule has 1 aliphatic heterocycles. The molecular formula is C15H15N5O4S. The third kappa shape index (κ3) is 3.48. The van der Waals surface area contributed by atoms with Gasteiger partial charge in [-0.05, 0) is 19.9 Å². The molecule has 0 radical (unpaired) electrons. The number of carbonyl (C=O) groups excluding carboxylic acids is 2. The van der Waals surface area contributed by atoms with E-state index in [2.05, 4.69) is 15.5 Å². The van der Waals surface area contributed by atoms with Crippen molar-refractivity contribution in [3.05, 3.63) is 38.9 Å². The zero-order valence-corrected chi connectivity index (χ0v) is 14.4. The minimum atomic E-state index is -0.544. The molecule has 1 aromatic carbocycles. The van der Waals surface area contributed by atoms with Gasteiger partial charge in [0.1, 0.15) is 5.01 Å². The van der Waals surface area contributed by atoms with Crippen molar-refractivity contribution < 1.29 is 14.5 Å². The summed E-state index contributed by atoms with van der Waals surface area (Å²) < 4.78 is 0. The highest BCUT2D eigenvalue weighted by Crippen LogP contribution is 2.30. The number of hydrogen-bond acceptors (Lipinski definition) is 7. The fraction of sp³-hybridized carbons (Fsp3) is 0.333. The third-order valence-electron chi connectivity index (χ3n) is 3.95. The van der Waals surface area contributed by atoms with E-state index in [1.165, 1.54) is 22.3 Å². The molecule has 2 amide bonds. The molecule has 3 rings (SSSR count). The second-order valence-electron chi connectivity index (χ2n) is 5.75. The van der Waals surface area contributed by atoms with Crippen LogP contribution in [-0.4, -0.2) is 33.5 Å². The first kappa shape index (κ1) is 17.0. The molecule has 1 N–H and O–H groups in total. The summed E-state index contributed by atoms with van der Waals surface area (Å²) in [6, 6.07) is 4.61. The van der Waals surface area contributed by atoms with Crippen LogP contribution in [0.5, 0.6) is 0 Å². The third-order valence-corrected chi connectivity index (χ3v) is 4.71. The summed E-state index contributed by atoms with van der Waals surface area (Å²) in [7, 11) is 0. The van der Waals surface area contributed by atoms with Gasteiger partial charge in [-0.3, -0.25) is 19.7 Å².